The molecule has 1 aromatic carbocycles. The molecule has 3 rings (SSSR count). The van der Waals surface area contributed by atoms with Crippen molar-refractivity contribution in [2.24, 2.45) is 5.92 Å². The third-order valence-corrected chi connectivity index (χ3v) is 9.66. The Morgan fingerprint density at radius 2 is 1.83 bits per heavy atom. The number of halogens is 4. The summed E-state index contributed by atoms with van der Waals surface area (Å²) in [6.45, 7) is 0. The topological polar surface area (TPSA) is 0 Å². The van der Waals surface area contributed by atoms with Crippen molar-refractivity contribution < 1.29 is 13.2 Å². The van der Waals surface area contributed by atoms with Crippen molar-refractivity contribution in [2.45, 2.75) is 29.7 Å². The summed E-state index contributed by atoms with van der Waals surface area (Å²) >= 11 is 3.10. The van der Waals surface area contributed by atoms with Gasteiger partial charge in [0.15, 0.2) is 0 Å². The van der Waals surface area contributed by atoms with Gasteiger partial charge in [-0.1, -0.05) is 24.6 Å². The second-order valence-electron chi connectivity index (χ2n) is 4.70. The average molecular weight is 337 g/mol. The van der Waals surface area contributed by atoms with Crippen molar-refractivity contribution in [1.82, 2.24) is 0 Å². The van der Waals surface area contributed by atoms with E-state index >= 15 is 0 Å². The Balaban J connectivity index is 2.16. The molecule has 98 valence electrons. The van der Waals surface area contributed by atoms with Gasteiger partial charge < -0.3 is 0 Å². The molecule has 0 saturated heterocycles. The number of benzene rings is 1. The molecule has 1 atom stereocenters. The maximum absolute atomic E-state index is 13.5. The molecular formula is C13H12BrF3S. The SMILES string of the molecule is FC(F)(F)S1(Br)C(C2CCC2)=Cc2ccccc21. The molecule has 1 aromatic rings. The Morgan fingerprint density at radius 3 is 2.39 bits per heavy atom. The second-order valence-corrected chi connectivity index (χ2v) is 10.1. The fraction of sp³-hybridized carbons (Fsp3) is 0.385. The lowest BCUT2D eigenvalue weighted by Gasteiger charge is -2.41. The first-order valence-corrected chi connectivity index (χ1v) is 9.32. The lowest BCUT2D eigenvalue weighted by atomic mass is 9.85. The quantitative estimate of drug-likeness (QED) is 0.604. The highest BCUT2D eigenvalue weighted by Crippen LogP contribution is 2.83. The van der Waals surface area contributed by atoms with Crippen molar-refractivity contribution >= 4 is 29.4 Å². The Hall–Kier alpha value is -0.420. The second kappa shape index (κ2) is 4.04. The average Bonchev–Trinajstić information content (AvgIpc) is 2.52. The number of hydrogen-bond donors (Lipinski definition) is 0. The highest BCUT2D eigenvalue weighted by atomic mass is 79.9. The van der Waals surface area contributed by atoms with Crippen LogP contribution in [0, 0.1) is 5.92 Å². The predicted molar refractivity (Wildman–Crippen MR) is 72.6 cm³/mol. The summed E-state index contributed by atoms with van der Waals surface area (Å²) in [5, 5.41) is 0. The molecule has 0 spiro atoms. The van der Waals surface area contributed by atoms with E-state index in [1.165, 1.54) is 0 Å². The van der Waals surface area contributed by atoms with Crippen LogP contribution in [0.4, 0.5) is 13.2 Å². The number of hydrogen-bond acceptors (Lipinski definition) is 0. The van der Waals surface area contributed by atoms with Gasteiger partial charge >= 0.3 is 5.51 Å². The van der Waals surface area contributed by atoms with Gasteiger partial charge in [0.1, 0.15) is 0 Å². The Labute approximate surface area is 113 Å². The Bertz CT molecular complexity index is 519. The van der Waals surface area contributed by atoms with E-state index in [1.54, 1.807) is 30.3 Å². The van der Waals surface area contributed by atoms with E-state index in [-0.39, 0.29) is 5.92 Å². The summed E-state index contributed by atoms with van der Waals surface area (Å²) in [5.74, 6) is 0.105. The zero-order valence-electron chi connectivity index (χ0n) is 9.51. The molecule has 0 radical (unpaired) electrons. The Morgan fingerprint density at radius 1 is 1.17 bits per heavy atom. The molecule has 0 aromatic heterocycles. The smallest absolute Gasteiger partial charge is 0.160 e. The fourth-order valence-corrected chi connectivity index (χ4v) is 6.95. The maximum Gasteiger partial charge on any atom is 0.442 e. The van der Waals surface area contributed by atoms with Gasteiger partial charge in [0.25, 0.3) is 0 Å². The lowest BCUT2D eigenvalue weighted by Crippen LogP contribution is -2.22. The van der Waals surface area contributed by atoms with E-state index in [0.29, 0.717) is 9.80 Å². The predicted octanol–water partition coefficient (Wildman–Crippen LogP) is 5.83. The standard InChI is InChI=1S/C13H12BrF3S/c14-18(13(15,16)17)11-7-2-1-4-10(11)8-12(18)9-5-3-6-9/h1-2,4,7-9H,3,5-6H2. The molecule has 1 aliphatic heterocycles. The van der Waals surface area contributed by atoms with Gasteiger partial charge in [0.05, 0.1) is 0 Å². The largest absolute Gasteiger partial charge is 0.442 e. The molecule has 0 bridgehead atoms. The third-order valence-electron chi connectivity index (χ3n) is 3.67. The van der Waals surface area contributed by atoms with E-state index < -0.39 is 14.0 Å². The van der Waals surface area contributed by atoms with Gasteiger partial charge in [-0.15, -0.1) is 0 Å². The van der Waals surface area contributed by atoms with Crippen molar-refractivity contribution in [3.05, 3.63) is 34.7 Å². The summed E-state index contributed by atoms with van der Waals surface area (Å²) in [7, 11) is -3.01. The molecule has 0 amide bonds. The first-order valence-electron chi connectivity index (χ1n) is 5.84. The molecule has 2 aliphatic rings. The zero-order chi connectivity index (χ0) is 13.0. The molecule has 1 aliphatic carbocycles. The van der Waals surface area contributed by atoms with Crippen LogP contribution < -0.4 is 0 Å². The minimum atomic E-state index is -4.22. The van der Waals surface area contributed by atoms with Gasteiger partial charge in [0, 0.05) is 4.90 Å². The van der Waals surface area contributed by atoms with E-state index in [9.17, 15) is 13.2 Å². The third kappa shape index (κ3) is 1.59. The van der Waals surface area contributed by atoms with Crippen molar-refractivity contribution in [3.8, 4) is 0 Å². The van der Waals surface area contributed by atoms with Crippen LogP contribution in [0.25, 0.3) is 6.08 Å². The summed E-state index contributed by atoms with van der Waals surface area (Å²) < 4.78 is 40.6. The van der Waals surface area contributed by atoms with Gasteiger partial charge in [-0.3, -0.25) is 0 Å². The molecule has 0 nitrogen and oxygen atoms in total. The van der Waals surface area contributed by atoms with E-state index in [2.05, 4.69) is 14.8 Å². The first kappa shape index (κ1) is 12.6. The number of fused-ring (bicyclic) bond motifs is 1. The molecule has 1 saturated carbocycles. The van der Waals surface area contributed by atoms with Crippen LogP contribution in [-0.2, 0) is 0 Å². The monoisotopic (exact) mass is 336 g/mol. The fourth-order valence-electron chi connectivity index (χ4n) is 2.52. The highest BCUT2D eigenvalue weighted by molar-refractivity contribution is 9.59. The Kier molecular flexibility index (Phi) is 2.83. The van der Waals surface area contributed by atoms with Gasteiger partial charge in [-0.25, -0.2) is 0 Å². The van der Waals surface area contributed by atoms with E-state index in [0.717, 1.165) is 24.8 Å². The number of allylic oxidation sites excluding steroid dienone is 1. The van der Waals surface area contributed by atoms with E-state index in [4.69, 9.17) is 0 Å². The molecule has 1 heterocycles. The van der Waals surface area contributed by atoms with Crippen LogP contribution in [0.1, 0.15) is 24.8 Å². The van der Waals surface area contributed by atoms with Crippen molar-refractivity contribution in [1.29, 1.82) is 0 Å². The van der Waals surface area contributed by atoms with E-state index in [1.807, 2.05) is 0 Å². The summed E-state index contributed by atoms with van der Waals surface area (Å²) in [4.78, 5) is 0.988. The highest BCUT2D eigenvalue weighted by Gasteiger charge is 2.57. The molecule has 0 N–H and O–H groups in total. The van der Waals surface area contributed by atoms with Gasteiger partial charge in [-0.05, 0) is 64.6 Å². The van der Waals surface area contributed by atoms with Gasteiger partial charge in [0.2, 0.25) is 0 Å². The maximum atomic E-state index is 13.5. The van der Waals surface area contributed by atoms with Crippen molar-refractivity contribution in [3.63, 3.8) is 0 Å². The van der Waals surface area contributed by atoms with Crippen LogP contribution >= 0.6 is 23.3 Å². The first-order chi connectivity index (χ1) is 8.44. The van der Waals surface area contributed by atoms with Gasteiger partial charge in [-0.2, -0.15) is 13.2 Å². The summed E-state index contributed by atoms with van der Waals surface area (Å²) in [5.41, 5.74) is -3.50. The van der Waals surface area contributed by atoms with Crippen LogP contribution in [0.15, 0.2) is 34.1 Å². The number of alkyl halides is 3. The van der Waals surface area contributed by atoms with Crippen LogP contribution in [0.3, 0.4) is 0 Å². The molecule has 1 unspecified atom stereocenters. The van der Waals surface area contributed by atoms with Crippen LogP contribution in [0.5, 0.6) is 0 Å². The minimum absolute atomic E-state index is 0.105. The molecule has 18 heavy (non-hydrogen) atoms. The van der Waals surface area contributed by atoms with Crippen LogP contribution in [-0.4, -0.2) is 5.51 Å². The van der Waals surface area contributed by atoms with Crippen molar-refractivity contribution in [2.75, 3.05) is 0 Å². The lowest BCUT2D eigenvalue weighted by molar-refractivity contribution is -0.0358. The normalized spacial score (nSPS) is 31.2. The molecule has 5 heteroatoms. The molecular weight excluding hydrogens is 325 g/mol. The zero-order valence-corrected chi connectivity index (χ0v) is 11.9. The summed E-state index contributed by atoms with van der Waals surface area (Å²) in [6, 6.07) is 6.86. The summed E-state index contributed by atoms with van der Waals surface area (Å²) in [6.07, 6.45) is 4.57. The number of rotatable bonds is 1. The minimum Gasteiger partial charge on any atom is -0.160 e. The van der Waals surface area contributed by atoms with Crippen LogP contribution in [0.2, 0.25) is 0 Å². The molecule has 1 fully saturated rings.